The number of aromatic nitrogens is 1. The van der Waals surface area contributed by atoms with E-state index in [-0.39, 0.29) is 5.91 Å². The molecule has 0 spiro atoms. The van der Waals surface area contributed by atoms with E-state index in [4.69, 9.17) is 15.2 Å². The second-order valence-electron chi connectivity index (χ2n) is 7.41. The molecule has 0 atom stereocenters. The molecule has 0 bridgehead atoms. The summed E-state index contributed by atoms with van der Waals surface area (Å²) in [6.07, 6.45) is 1.61. The molecule has 0 aliphatic rings. The first-order valence-corrected chi connectivity index (χ1v) is 10.2. The number of carbonyl (C=O) groups excluding carboxylic acids is 1. The molecule has 0 fully saturated rings. The molecule has 0 aliphatic carbocycles. The summed E-state index contributed by atoms with van der Waals surface area (Å²) in [5.41, 5.74) is 12.8. The summed E-state index contributed by atoms with van der Waals surface area (Å²) < 4.78 is 13.0. The van der Waals surface area contributed by atoms with Gasteiger partial charge in [-0.05, 0) is 55.5 Å². The van der Waals surface area contributed by atoms with Gasteiger partial charge in [0, 0.05) is 23.5 Å². The van der Waals surface area contributed by atoms with Crippen molar-refractivity contribution in [3.63, 3.8) is 0 Å². The highest BCUT2D eigenvalue weighted by Crippen LogP contribution is 2.35. The van der Waals surface area contributed by atoms with Gasteiger partial charge in [-0.1, -0.05) is 37.3 Å². The SMILES string of the molecule is CCc1c(-c2ccccc2C)c(C(N)=O)c(C)n1CCc1ccc(OC)c(OC)c1. The Morgan fingerprint density at radius 3 is 2.33 bits per heavy atom. The molecule has 1 aromatic heterocycles. The molecule has 3 rings (SSSR count). The Hall–Kier alpha value is -3.21. The monoisotopic (exact) mass is 406 g/mol. The summed E-state index contributed by atoms with van der Waals surface area (Å²) in [6, 6.07) is 14.1. The van der Waals surface area contributed by atoms with Crippen LogP contribution in [0.5, 0.6) is 11.5 Å². The summed E-state index contributed by atoms with van der Waals surface area (Å²) in [5, 5.41) is 0. The Bertz CT molecular complexity index is 1070. The van der Waals surface area contributed by atoms with E-state index < -0.39 is 0 Å². The lowest BCUT2D eigenvalue weighted by Crippen LogP contribution is -2.14. The number of amides is 1. The molecule has 2 aromatic carbocycles. The maximum Gasteiger partial charge on any atom is 0.251 e. The molecule has 0 radical (unpaired) electrons. The van der Waals surface area contributed by atoms with Crippen LogP contribution in [-0.2, 0) is 19.4 Å². The maximum absolute atomic E-state index is 12.4. The largest absolute Gasteiger partial charge is 0.493 e. The number of hydrogen-bond acceptors (Lipinski definition) is 3. The van der Waals surface area contributed by atoms with Gasteiger partial charge in [-0.2, -0.15) is 0 Å². The predicted octanol–water partition coefficient (Wildman–Crippen LogP) is 4.69. The van der Waals surface area contributed by atoms with Crippen LogP contribution in [0.3, 0.4) is 0 Å². The lowest BCUT2D eigenvalue weighted by atomic mass is 9.95. The zero-order valence-corrected chi connectivity index (χ0v) is 18.4. The fraction of sp³-hybridized carbons (Fsp3) is 0.320. The Morgan fingerprint density at radius 2 is 1.73 bits per heavy atom. The third kappa shape index (κ3) is 3.92. The fourth-order valence-electron chi connectivity index (χ4n) is 4.19. The number of benzene rings is 2. The number of methoxy groups -OCH3 is 2. The summed E-state index contributed by atoms with van der Waals surface area (Å²) in [7, 11) is 3.27. The average Bonchev–Trinajstić information content (AvgIpc) is 3.03. The van der Waals surface area contributed by atoms with Crippen LogP contribution in [-0.4, -0.2) is 24.7 Å². The number of nitrogens with two attached hydrogens (primary N) is 1. The second kappa shape index (κ2) is 9.08. The van der Waals surface area contributed by atoms with Crippen molar-refractivity contribution in [2.45, 2.75) is 40.2 Å². The number of primary amides is 1. The van der Waals surface area contributed by atoms with Crippen LogP contribution in [0.1, 0.15) is 39.8 Å². The first-order valence-electron chi connectivity index (χ1n) is 10.2. The van der Waals surface area contributed by atoms with Crippen LogP contribution < -0.4 is 15.2 Å². The number of rotatable bonds is 8. The Balaban J connectivity index is 2.05. The van der Waals surface area contributed by atoms with Gasteiger partial charge in [0.2, 0.25) is 0 Å². The van der Waals surface area contributed by atoms with E-state index in [0.29, 0.717) is 17.1 Å². The molecular weight excluding hydrogens is 376 g/mol. The molecule has 0 unspecified atom stereocenters. The molecular formula is C25H30N2O3. The fourth-order valence-corrected chi connectivity index (χ4v) is 4.19. The molecule has 2 N–H and O–H groups in total. The van der Waals surface area contributed by atoms with E-state index in [0.717, 1.165) is 53.0 Å². The smallest absolute Gasteiger partial charge is 0.251 e. The van der Waals surface area contributed by atoms with Crippen molar-refractivity contribution >= 4 is 5.91 Å². The van der Waals surface area contributed by atoms with Crippen molar-refractivity contribution in [1.82, 2.24) is 4.57 Å². The molecule has 1 amide bonds. The van der Waals surface area contributed by atoms with Crippen LogP contribution in [0.4, 0.5) is 0 Å². The number of aryl methyl sites for hydroxylation is 2. The van der Waals surface area contributed by atoms with Crippen molar-refractivity contribution in [2.75, 3.05) is 14.2 Å². The van der Waals surface area contributed by atoms with Gasteiger partial charge in [-0.25, -0.2) is 0 Å². The van der Waals surface area contributed by atoms with Crippen LogP contribution in [0.25, 0.3) is 11.1 Å². The zero-order valence-electron chi connectivity index (χ0n) is 18.4. The summed E-state index contributed by atoms with van der Waals surface area (Å²) in [4.78, 5) is 12.4. The number of nitrogens with zero attached hydrogens (tertiary/aromatic N) is 1. The van der Waals surface area contributed by atoms with Crippen LogP contribution in [0.2, 0.25) is 0 Å². The number of hydrogen-bond donors (Lipinski definition) is 1. The van der Waals surface area contributed by atoms with Gasteiger partial charge >= 0.3 is 0 Å². The van der Waals surface area contributed by atoms with E-state index in [9.17, 15) is 4.79 Å². The van der Waals surface area contributed by atoms with E-state index >= 15 is 0 Å². The first-order chi connectivity index (χ1) is 14.4. The highest BCUT2D eigenvalue weighted by atomic mass is 16.5. The molecule has 5 nitrogen and oxygen atoms in total. The maximum atomic E-state index is 12.4. The molecule has 0 saturated carbocycles. The summed E-state index contributed by atoms with van der Waals surface area (Å²) in [6.45, 7) is 6.91. The first kappa shape index (κ1) is 21.5. The predicted molar refractivity (Wildman–Crippen MR) is 120 cm³/mol. The zero-order chi connectivity index (χ0) is 21.8. The van der Waals surface area contributed by atoms with Crippen molar-refractivity contribution in [1.29, 1.82) is 0 Å². The molecule has 0 saturated heterocycles. The molecule has 158 valence electrons. The number of ether oxygens (including phenoxy) is 2. The summed E-state index contributed by atoms with van der Waals surface area (Å²) >= 11 is 0. The van der Waals surface area contributed by atoms with Gasteiger partial charge in [-0.3, -0.25) is 4.79 Å². The third-order valence-electron chi connectivity index (χ3n) is 5.70. The van der Waals surface area contributed by atoms with Crippen molar-refractivity contribution in [3.8, 4) is 22.6 Å². The van der Waals surface area contributed by atoms with Crippen molar-refractivity contribution in [2.24, 2.45) is 5.73 Å². The lowest BCUT2D eigenvalue weighted by Gasteiger charge is -2.14. The molecule has 1 heterocycles. The van der Waals surface area contributed by atoms with Gasteiger partial charge in [-0.15, -0.1) is 0 Å². The molecule has 5 heteroatoms. The van der Waals surface area contributed by atoms with E-state index in [1.54, 1.807) is 14.2 Å². The van der Waals surface area contributed by atoms with Crippen molar-refractivity contribution in [3.05, 3.63) is 70.5 Å². The number of carbonyl (C=O) groups is 1. The minimum Gasteiger partial charge on any atom is -0.493 e. The topological polar surface area (TPSA) is 66.5 Å². The third-order valence-corrected chi connectivity index (χ3v) is 5.70. The Labute approximate surface area is 178 Å². The molecule has 30 heavy (non-hydrogen) atoms. The highest BCUT2D eigenvalue weighted by molar-refractivity contribution is 6.02. The second-order valence-corrected chi connectivity index (χ2v) is 7.41. The van der Waals surface area contributed by atoms with E-state index in [2.05, 4.69) is 30.5 Å². The van der Waals surface area contributed by atoms with Gasteiger partial charge in [0.25, 0.3) is 5.91 Å². The van der Waals surface area contributed by atoms with E-state index in [1.165, 1.54) is 0 Å². The quantitative estimate of drug-likeness (QED) is 0.590. The van der Waals surface area contributed by atoms with E-state index in [1.807, 2.05) is 37.3 Å². The standard InChI is InChI=1S/C25H30N2O3/c1-6-20-24(19-10-8-7-9-16(19)2)23(25(26)28)17(3)27(20)14-13-18-11-12-21(29-4)22(15-18)30-5/h7-12,15H,6,13-14H2,1-5H3,(H2,26,28). The average molecular weight is 407 g/mol. The minimum absolute atomic E-state index is 0.384. The van der Waals surface area contributed by atoms with Crippen LogP contribution in [0.15, 0.2) is 42.5 Å². The Kier molecular flexibility index (Phi) is 6.50. The van der Waals surface area contributed by atoms with Gasteiger partial charge in [0.15, 0.2) is 11.5 Å². The van der Waals surface area contributed by atoms with Gasteiger partial charge in [0.05, 0.1) is 19.8 Å². The molecule has 0 aliphatic heterocycles. The van der Waals surface area contributed by atoms with Gasteiger partial charge < -0.3 is 19.8 Å². The van der Waals surface area contributed by atoms with Crippen molar-refractivity contribution < 1.29 is 14.3 Å². The lowest BCUT2D eigenvalue weighted by molar-refractivity contribution is 0.1000. The van der Waals surface area contributed by atoms with Crippen LogP contribution >= 0.6 is 0 Å². The summed E-state index contributed by atoms with van der Waals surface area (Å²) in [5.74, 6) is 1.05. The Morgan fingerprint density at radius 1 is 1.03 bits per heavy atom. The minimum atomic E-state index is -0.384. The van der Waals surface area contributed by atoms with Crippen LogP contribution in [0, 0.1) is 13.8 Å². The van der Waals surface area contributed by atoms with Gasteiger partial charge in [0.1, 0.15) is 0 Å². The highest BCUT2D eigenvalue weighted by Gasteiger charge is 2.24. The molecule has 3 aromatic rings. The normalized spacial score (nSPS) is 10.8.